The summed E-state index contributed by atoms with van der Waals surface area (Å²) in [5.41, 5.74) is 20.3. The summed E-state index contributed by atoms with van der Waals surface area (Å²) >= 11 is 13.9. The lowest BCUT2D eigenvalue weighted by Crippen LogP contribution is -2.52. The van der Waals surface area contributed by atoms with Gasteiger partial charge in [0.2, 0.25) is 35.4 Å². The maximum absolute atomic E-state index is 14.9. The number of primary amides is 1. The Hall–Kier alpha value is -4.50. The van der Waals surface area contributed by atoms with E-state index in [9.17, 15) is 28.8 Å². The third kappa shape index (κ3) is 18.5. The van der Waals surface area contributed by atoms with E-state index in [1.807, 2.05) is 111 Å². The molecule has 19 heteroatoms. The summed E-state index contributed by atoms with van der Waals surface area (Å²) in [5.74, 6) is -3.08. The van der Waals surface area contributed by atoms with E-state index in [2.05, 4.69) is 69.0 Å². The zero-order chi connectivity index (χ0) is 52.2. The van der Waals surface area contributed by atoms with E-state index in [-0.39, 0.29) is 25.5 Å². The average Bonchev–Trinajstić information content (AvgIpc) is 3.35. The van der Waals surface area contributed by atoms with Crippen LogP contribution in [-0.4, -0.2) is 125 Å². The van der Waals surface area contributed by atoms with Gasteiger partial charge in [-0.15, -0.1) is 0 Å². The lowest BCUT2D eigenvalue weighted by Gasteiger charge is -2.37. The van der Waals surface area contributed by atoms with Crippen molar-refractivity contribution in [1.82, 2.24) is 29.8 Å². The van der Waals surface area contributed by atoms with E-state index >= 15 is 0 Å². The van der Waals surface area contributed by atoms with Crippen LogP contribution < -0.4 is 22.5 Å². The maximum atomic E-state index is 14.9. The normalized spacial score (nSPS) is 12.8. The molecule has 0 aromatic heterocycles. The first-order valence-electron chi connectivity index (χ1n) is 23.7. The predicted molar refractivity (Wildman–Crippen MR) is 292 cm³/mol. The number of nitrogens with one attached hydrogen (secondary N) is 1. The highest BCUT2D eigenvalue weighted by atomic mass is 79.9. The molecular weight excluding hydrogens is 1170 g/mol. The Morgan fingerprint density at radius 2 is 0.746 bits per heavy atom. The van der Waals surface area contributed by atoms with Crippen molar-refractivity contribution in [2.75, 3.05) is 65.4 Å². The summed E-state index contributed by atoms with van der Waals surface area (Å²) in [6.45, 7) is 6.77. The van der Waals surface area contributed by atoms with E-state index in [1.54, 1.807) is 13.8 Å². The average molecular weight is 1230 g/mol. The molecule has 0 aliphatic rings. The highest BCUT2D eigenvalue weighted by molar-refractivity contribution is 9.11. The lowest BCUT2D eigenvalue weighted by molar-refractivity contribution is -0.150. The van der Waals surface area contributed by atoms with Crippen LogP contribution in [-0.2, 0) is 28.8 Å². The fraction of sp³-hybridized carbons (Fsp3) is 0.423. The Balaban J connectivity index is 1.72. The number of nitrogens with zero attached hydrogens (tertiary/aromatic N) is 5. The molecule has 0 aliphatic heterocycles. The van der Waals surface area contributed by atoms with Gasteiger partial charge in [0.15, 0.2) is 0 Å². The molecule has 4 aromatic carbocycles. The molecule has 0 saturated heterocycles. The van der Waals surface area contributed by atoms with Gasteiger partial charge in [0.25, 0.3) is 0 Å². The van der Waals surface area contributed by atoms with Crippen LogP contribution in [0.5, 0.6) is 0 Å². The van der Waals surface area contributed by atoms with Crippen molar-refractivity contribution in [3.05, 3.63) is 137 Å². The van der Waals surface area contributed by atoms with Crippen LogP contribution in [0.25, 0.3) is 0 Å². The molecule has 15 nitrogen and oxygen atoms in total. The third-order valence-electron chi connectivity index (χ3n) is 12.4. The molecule has 6 amide bonds. The smallest absolute Gasteiger partial charge is 0.243 e. The number of rotatable bonds is 28. The molecule has 0 radical (unpaired) electrons. The highest BCUT2D eigenvalue weighted by Crippen LogP contribution is 2.29. The second-order valence-electron chi connectivity index (χ2n) is 17.4. The summed E-state index contributed by atoms with van der Waals surface area (Å²) < 4.78 is 3.34. The zero-order valence-electron chi connectivity index (χ0n) is 40.9. The Morgan fingerprint density at radius 3 is 1.10 bits per heavy atom. The van der Waals surface area contributed by atoms with Gasteiger partial charge in [0.05, 0.1) is 43.8 Å². The number of nitrogens with two attached hydrogens (primary N) is 3. The Kier molecular flexibility index (Phi) is 24.9. The van der Waals surface area contributed by atoms with Crippen molar-refractivity contribution >= 4 is 99.2 Å². The van der Waals surface area contributed by atoms with Gasteiger partial charge < -0.3 is 47.0 Å². The van der Waals surface area contributed by atoms with Crippen molar-refractivity contribution in [1.29, 1.82) is 0 Å². The molecule has 0 fully saturated rings. The van der Waals surface area contributed by atoms with Crippen LogP contribution in [0.15, 0.2) is 115 Å². The van der Waals surface area contributed by atoms with Crippen molar-refractivity contribution in [3.8, 4) is 0 Å². The molecule has 0 unspecified atom stereocenters. The Labute approximate surface area is 452 Å². The number of hydrogen-bond donors (Lipinski definition) is 4. The van der Waals surface area contributed by atoms with E-state index in [1.165, 1.54) is 24.5 Å². The van der Waals surface area contributed by atoms with Crippen LogP contribution in [0.3, 0.4) is 0 Å². The summed E-state index contributed by atoms with van der Waals surface area (Å²) in [7, 11) is 0. The minimum atomic E-state index is -0.723. The minimum absolute atomic E-state index is 0.0158. The second kappa shape index (κ2) is 29.9. The predicted octanol–water partition coefficient (Wildman–Crippen LogP) is 7.78. The van der Waals surface area contributed by atoms with Crippen molar-refractivity contribution < 1.29 is 28.8 Å². The monoisotopic (exact) mass is 1230 g/mol. The first kappa shape index (κ1) is 59.1. The van der Waals surface area contributed by atoms with Crippen LogP contribution in [0.4, 0.5) is 0 Å². The molecule has 4 aromatic rings. The van der Waals surface area contributed by atoms with Gasteiger partial charge in [0.1, 0.15) is 19.6 Å². The zero-order valence-corrected chi connectivity index (χ0v) is 47.2. The first-order valence-corrected chi connectivity index (χ1v) is 26.9. The van der Waals surface area contributed by atoms with Gasteiger partial charge >= 0.3 is 0 Å². The quantitative estimate of drug-likeness (QED) is 0.0409. The number of hydrogen-bond acceptors (Lipinski definition) is 9. The molecule has 0 aliphatic carbocycles. The van der Waals surface area contributed by atoms with E-state index in [0.717, 1.165) is 53.0 Å². The van der Waals surface area contributed by atoms with Crippen LogP contribution in [0.2, 0.25) is 0 Å². The van der Waals surface area contributed by atoms with Gasteiger partial charge in [0, 0.05) is 24.4 Å². The third-order valence-corrected chi connectivity index (χ3v) is 14.6. The molecule has 7 N–H and O–H groups in total. The number of carbonyl (C=O) groups excluding carboxylic acids is 6. The number of carbonyl (C=O) groups is 6. The SMILES string of the molecule is C[C@H](c1ccc(Br)cc1)N(CC(N)=O)C(=O)CN(C(=O)CN(CCCCN)C(=O)CN(C(=O)CN(C(=O)CNCCCCN)[C@H](C)c1ccc(Br)cc1)[C@H](C)c1ccc(Br)cc1)[C@H](C)c1ccc(Br)cc1. The number of amides is 6. The molecule has 4 rings (SSSR count). The lowest BCUT2D eigenvalue weighted by atomic mass is 10.0. The van der Waals surface area contributed by atoms with E-state index < -0.39 is 79.9 Å². The van der Waals surface area contributed by atoms with Gasteiger partial charge in [-0.25, -0.2) is 0 Å². The summed E-state index contributed by atoms with van der Waals surface area (Å²) in [6.07, 6.45) is 2.59. The van der Waals surface area contributed by atoms with Crippen LogP contribution in [0, 0.1) is 0 Å². The van der Waals surface area contributed by atoms with Crippen molar-refractivity contribution in [3.63, 3.8) is 0 Å². The van der Waals surface area contributed by atoms with Gasteiger partial charge in [-0.05, 0) is 144 Å². The molecule has 71 heavy (non-hydrogen) atoms. The van der Waals surface area contributed by atoms with E-state index in [4.69, 9.17) is 17.2 Å². The maximum Gasteiger partial charge on any atom is 0.243 e. The van der Waals surface area contributed by atoms with Crippen molar-refractivity contribution in [2.24, 2.45) is 17.2 Å². The standard InChI is InChI=1S/C52H67Br4N9O6/c1-35(39-9-17-43(53)18-10-39)62(30-47(59)66)51(70)34-65(38(4)42-15-23-46(56)24-16-42)50(69)31-61(28-8-6-26-58)49(68)32-64(37(3)41-13-21-45(55)22-14-41)52(71)33-63(48(67)29-60-27-7-5-25-57)36(2)40-11-19-44(54)20-12-40/h9-24,35-38,60H,5-8,25-34,57-58H2,1-4H3,(H2,59,66)/t35-,36-,37-,38-/m1/s1. The molecule has 4 atom stereocenters. The van der Waals surface area contributed by atoms with Crippen LogP contribution in [0.1, 0.15) is 99.8 Å². The topological polar surface area (TPSA) is 209 Å². The largest absolute Gasteiger partial charge is 0.368 e. The van der Waals surface area contributed by atoms with Crippen molar-refractivity contribution in [2.45, 2.75) is 77.5 Å². The summed E-state index contributed by atoms with van der Waals surface area (Å²) in [5, 5.41) is 3.20. The number of halogens is 4. The van der Waals surface area contributed by atoms with Gasteiger partial charge in [-0.2, -0.15) is 0 Å². The molecule has 0 heterocycles. The first-order chi connectivity index (χ1) is 33.8. The Bertz CT molecular complexity index is 2360. The highest BCUT2D eigenvalue weighted by Gasteiger charge is 2.34. The van der Waals surface area contributed by atoms with E-state index in [0.29, 0.717) is 32.5 Å². The molecule has 0 bridgehead atoms. The number of benzene rings is 4. The van der Waals surface area contributed by atoms with Crippen LogP contribution >= 0.6 is 63.7 Å². The number of unbranched alkanes of at least 4 members (excludes halogenated alkanes) is 2. The molecule has 384 valence electrons. The summed E-state index contributed by atoms with van der Waals surface area (Å²) in [4.78, 5) is 92.9. The fourth-order valence-electron chi connectivity index (χ4n) is 8.02. The second-order valence-corrected chi connectivity index (χ2v) is 21.1. The molecule has 0 saturated carbocycles. The summed E-state index contributed by atoms with van der Waals surface area (Å²) in [6, 6.07) is 27.2. The molecular formula is C52H67Br4N9O6. The minimum Gasteiger partial charge on any atom is -0.368 e. The molecule has 0 spiro atoms. The van der Waals surface area contributed by atoms with Gasteiger partial charge in [-0.1, -0.05) is 112 Å². The fourth-order valence-corrected chi connectivity index (χ4v) is 9.08. The van der Waals surface area contributed by atoms with Gasteiger partial charge in [-0.3, -0.25) is 28.8 Å². The Morgan fingerprint density at radius 1 is 0.437 bits per heavy atom.